The molecule has 0 radical (unpaired) electrons. The summed E-state index contributed by atoms with van der Waals surface area (Å²) < 4.78 is 2.80. The van der Waals surface area contributed by atoms with Crippen LogP contribution >= 0.6 is 22.6 Å². The summed E-state index contributed by atoms with van der Waals surface area (Å²) in [6.45, 7) is 0. The molecule has 3 rings (SSSR count). The molecule has 0 aliphatic carbocycles. The summed E-state index contributed by atoms with van der Waals surface area (Å²) in [5, 5.41) is 5.15. The first-order valence-corrected chi connectivity index (χ1v) is 5.48. The lowest BCUT2D eigenvalue weighted by molar-refractivity contribution is 0.914. The first-order valence-electron chi connectivity index (χ1n) is 4.40. The molecule has 0 bridgehead atoms. The molecule has 0 saturated heterocycles. The van der Waals surface area contributed by atoms with Gasteiger partial charge in [-0.05, 0) is 46.9 Å². The summed E-state index contributed by atoms with van der Waals surface area (Å²) in [6, 6.07) is 7.85. The first kappa shape index (κ1) is 8.90. The van der Waals surface area contributed by atoms with Crippen LogP contribution in [0.25, 0.3) is 16.4 Å². The lowest BCUT2D eigenvalue weighted by atomic mass is 10.2. The summed E-state index contributed by atoms with van der Waals surface area (Å²) in [7, 11) is 0. The van der Waals surface area contributed by atoms with Crippen LogP contribution in [0.1, 0.15) is 0 Å². The van der Waals surface area contributed by atoms with E-state index in [-0.39, 0.29) is 5.56 Å². The van der Waals surface area contributed by atoms with Gasteiger partial charge in [-0.25, -0.2) is 4.52 Å². The van der Waals surface area contributed by atoms with E-state index in [1.165, 1.54) is 6.33 Å². The number of nitrogens with one attached hydrogen (secondary N) is 1. The number of rotatable bonds is 0. The molecule has 0 spiro atoms. The fourth-order valence-electron chi connectivity index (χ4n) is 1.68. The Kier molecular flexibility index (Phi) is 1.82. The van der Waals surface area contributed by atoms with Crippen LogP contribution in [0.2, 0.25) is 0 Å². The van der Waals surface area contributed by atoms with Gasteiger partial charge in [0.05, 0.1) is 5.52 Å². The molecule has 1 N–H and O–H groups in total. The summed E-state index contributed by atoms with van der Waals surface area (Å²) >= 11 is 2.25. The molecule has 74 valence electrons. The molecule has 15 heavy (non-hydrogen) atoms. The van der Waals surface area contributed by atoms with Crippen LogP contribution in [0.4, 0.5) is 0 Å². The molecule has 0 saturated carbocycles. The van der Waals surface area contributed by atoms with Gasteiger partial charge in [0.2, 0.25) is 0 Å². The molecule has 0 fully saturated rings. The zero-order chi connectivity index (χ0) is 10.4. The van der Waals surface area contributed by atoms with Crippen LogP contribution in [0.15, 0.2) is 35.4 Å². The number of fused-ring (bicyclic) bond motifs is 3. The van der Waals surface area contributed by atoms with Crippen LogP contribution in [0.3, 0.4) is 0 Å². The highest BCUT2D eigenvalue weighted by molar-refractivity contribution is 14.1. The lowest BCUT2D eigenvalue weighted by Crippen LogP contribution is -2.09. The molecular formula is C10H6IN3O. The Labute approximate surface area is 98.1 Å². The molecular weight excluding hydrogens is 305 g/mol. The Morgan fingerprint density at radius 1 is 1.27 bits per heavy atom. The molecule has 4 nitrogen and oxygen atoms in total. The van der Waals surface area contributed by atoms with Crippen molar-refractivity contribution in [2.24, 2.45) is 0 Å². The van der Waals surface area contributed by atoms with E-state index in [2.05, 4.69) is 32.7 Å². The van der Waals surface area contributed by atoms with Crippen molar-refractivity contribution in [2.75, 3.05) is 0 Å². The van der Waals surface area contributed by atoms with E-state index in [4.69, 9.17) is 0 Å². The van der Waals surface area contributed by atoms with Gasteiger partial charge in [-0.1, -0.05) is 0 Å². The van der Waals surface area contributed by atoms with E-state index in [1.54, 1.807) is 4.52 Å². The van der Waals surface area contributed by atoms with Gasteiger partial charge < -0.3 is 4.98 Å². The maximum atomic E-state index is 11.5. The van der Waals surface area contributed by atoms with Crippen LogP contribution in [0.5, 0.6) is 0 Å². The van der Waals surface area contributed by atoms with Crippen molar-refractivity contribution in [3.8, 4) is 0 Å². The number of hydrogen-bond donors (Lipinski definition) is 1. The average molecular weight is 311 g/mol. The minimum absolute atomic E-state index is 0.115. The Bertz CT molecular complexity index is 713. The summed E-state index contributed by atoms with van der Waals surface area (Å²) in [5.41, 5.74) is 1.42. The van der Waals surface area contributed by atoms with E-state index in [0.29, 0.717) is 5.52 Å². The van der Waals surface area contributed by atoms with E-state index in [9.17, 15) is 4.79 Å². The van der Waals surface area contributed by atoms with Crippen LogP contribution in [0, 0.1) is 3.57 Å². The molecule has 0 aliphatic rings. The zero-order valence-corrected chi connectivity index (χ0v) is 9.72. The highest BCUT2D eigenvalue weighted by atomic mass is 127. The fourth-order valence-corrected chi connectivity index (χ4v) is 2.19. The van der Waals surface area contributed by atoms with Crippen molar-refractivity contribution < 1.29 is 0 Å². The van der Waals surface area contributed by atoms with Crippen molar-refractivity contribution in [1.29, 1.82) is 0 Å². The molecule has 0 atom stereocenters. The molecule has 3 aromatic rings. The standard InChI is InChI=1S/C10H6IN3O/c11-7-1-2-8-6(3-7)4-9-10(15)12-5-13-14(8)9/h1-5H,(H,12,13,15). The molecule has 5 heteroatoms. The maximum Gasteiger partial charge on any atom is 0.275 e. The van der Waals surface area contributed by atoms with E-state index in [0.717, 1.165) is 14.5 Å². The summed E-state index contributed by atoms with van der Waals surface area (Å²) in [6.07, 6.45) is 1.41. The predicted molar refractivity (Wildman–Crippen MR) is 66.0 cm³/mol. The van der Waals surface area contributed by atoms with Gasteiger partial charge in [0.25, 0.3) is 5.56 Å². The van der Waals surface area contributed by atoms with Gasteiger partial charge in [-0.3, -0.25) is 4.79 Å². The monoisotopic (exact) mass is 311 g/mol. The van der Waals surface area contributed by atoms with E-state index in [1.807, 2.05) is 24.3 Å². The smallest absolute Gasteiger partial charge is 0.275 e. The first-order chi connectivity index (χ1) is 7.25. The van der Waals surface area contributed by atoms with E-state index < -0.39 is 0 Å². The minimum atomic E-state index is -0.115. The van der Waals surface area contributed by atoms with Crippen molar-refractivity contribution >= 4 is 39.0 Å². The van der Waals surface area contributed by atoms with Crippen LogP contribution in [-0.4, -0.2) is 14.6 Å². The van der Waals surface area contributed by atoms with Gasteiger partial charge in [0.15, 0.2) is 0 Å². The number of halogens is 1. The number of benzene rings is 1. The maximum absolute atomic E-state index is 11.5. The average Bonchev–Trinajstić information content (AvgIpc) is 2.57. The summed E-state index contributed by atoms with van der Waals surface area (Å²) in [5.74, 6) is 0. The Balaban J connectivity index is 2.63. The molecule has 1 aromatic carbocycles. The van der Waals surface area contributed by atoms with Crippen LogP contribution < -0.4 is 5.56 Å². The Morgan fingerprint density at radius 2 is 2.13 bits per heavy atom. The van der Waals surface area contributed by atoms with Gasteiger partial charge in [-0.15, -0.1) is 0 Å². The third-order valence-electron chi connectivity index (χ3n) is 2.34. The van der Waals surface area contributed by atoms with Crippen molar-refractivity contribution in [1.82, 2.24) is 14.6 Å². The third-order valence-corrected chi connectivity index (χ3v) is 3.01. The molecule has 2 heterocycles. The topological polar surface area (TPSA) is 50.2 Å². The van der Waals surface area contributed by atoms with Crippen LogP contribution in [-0.2, 0) is 0 Å². The number of nitrogens with zero attached hydrogens (tertiary/aromatic N) is 2. The molecule has 0 aliphatic heterocycles. The molecule has 0 amide bonds. The Hall–Kier alpha value is -1.37. The van der Waals surface area contributed by atoms with Gasteiger partial charge in [0.1, 0.15) is 11.8 Å². The molecule has 2 aromatic heterocycles. The third kappa shape index (κ3) is 1.26. The number of aromatic nitrogens is 3. The second-order valence-electron chi connectivity index (χ2n) is 3.26. The highest BCUT2D eigenvalue weighted by Crippen LogP contribution is 2.19. The van der Waals surface area contributed by atoms with Crippen molar-refractivity contribution in [3.63, 3.8) is 0 Å². The van der Waals surface area contributed by atoms with Crippen molar-refractivity contribution in [2.45, 2.75) is 0 Å². The Morgan fingerprint density at radius 3 is 3.00 bits per heavy atom. The van der Waals surface area contributed by atoms with Crippen molar-refractivity contribution in [3.05, 3.63) is 44.5 Å². The minimum Gasteiger partial charge on any atom is -0.310 e. The number of hydrogen-bond acceptors (Lipinski definition) is 2. The van der Waals surface area contributed by atoms with Gasteiger partial charge in [-0.2, -0.15) is 5.10 Å². The zero-order valence-electron chi connectivity index (χ0n) is 7.57. The predicted octanol–water partition coefficient (Wildman–Crippen LogP) is 1.78. The normalized spacial score (nSPS) is 11.3. The summed E-state index contributed by atoms with van der Waals surface area (Å²) in [4.78, 5) is 14.1. The second kappa shape index (κ2) is 3.06. The highest BCUT2D eigenvalue weighted by Gasteiger charge is 2.05. The van der Waals surface area contributed by atoms with Gasteiger partial charge in [0, 0.05) is 8.96 Å². The molecule has 0 unspecified atom stereocenters. The lowest BCUT2D eigenvalue weighted by Gasteiger charge is -1.94. The number of H-pyrrole nitrogens is 1. The quantitative estimate of drug-likeness (QED) is 0.644. The SMILES string of the molecule is O=c1[nH]cnn2c1cc1cc(I)ccc12. The largest absolute Gasteiger partial charge is 0.310 e. The number of aromatic amines is 1. The van der Waals surface area contributed by atoms with E-state index >= 15 is 0 Å². The fraction of sp³-hybridized carbons (Fsp3) is 0. The van der Waals surface area contributed by atoms with Gasteiger partial charge >= 0.3 is 0 Å². The second-order valence-corrected chi connectivity index (χ2v) is 4.51.